The number of hydrogen-bond acceptors (Lipinski definition) is 6. The minimum absolute atomic E-state index is 0.245. The zero-order valence-corrected chi connectivity index (χ0v) is 19.4. The molecule has 0 spiro atoms. The molecule has 1 aliphatic heterocycles. The molecular formula is C25H32N4O5. The fourth-order valence-corrected chi connectivity index (χ4v) is 3.57. The molecule has 1 saturated heterocycles. The standard InChI is InChI=1S/C25H32N4O5/c1-2-34-24(31)20-8-10-21(11-9-20)27-25(32)28-22(18-19-6-4-3-5-7-19)23(30)26-12-13-29-14-16-33-17-15-29/h3-11,22H,2,12-18H2,1H3,(H,26,30)(H2,27,28,32). The Morgan fingerprint density at radius 3 is 2.41 bits per heavy atom. The number of rotatable bonds is 10. The molecule has 2 aromatic carbocycles. The van der Waals surface area contributed by atoms with Crippen molar-refractivity contribution in [3.8, 4) is 0 Å². The Morgan fingerprint density at radius 2 is 1.74 bits per heavy atom. The van der Waals surface area contributed by atoms with Gasteiger partial charge in [0.05, 0.1) is 25.4 Å². The molecule has 0 saturated carbocycles. The first kappa shape index (κ1) is 25.2. The van der Waals surface area contributed by atoms with Crippen molar-refractivity contribution in [3.63, 3.8) is 0 Å². The molecule has 1 atom stereocenters. The molecule has 3 amide bonds. The Balaban J connectivity index is 1.56. The second-order valence-corrected chi connectivity index (χ2v) is 7.88. The lowest BCUT2D eigenvalue weighted by Crippen LogP contribution is -2.51. The van der Waals surface area contributed by atoms with E-state index in [0.717, 1.165) is 25.2 Å². The molecule has 182 valence electrons. The number of carbonyl (C=O) groups excluding carboxylic acids is 3. The van der Waals surface area contributed by atoms with E-state index in [9.17, 15) is 14.4 Å². The lowest BCUT2D eigenvalue weighted by atomic mass is 10.1. The first-order valence-corrected chi connectivity index (χ1v) is 11.5. The minimum atomic E-state index is -0.745. The molecule has 34 heavy (non-hydrogen) atoms. The Hall–Kier alpha value is -3.43. The van der Waals surface area contributed by atoms with Crippen molar-refractivity contribution in [1.82, 2.24) is 15.5 Å². The van der Waals surface area contributed by atoms with Gasteiger partial charge >= 0.3 is 12.0 Å². The summed E-state index contributed by atoms with van der Waals surface area (Å²) in [6, 6.07) is 14.7. The summed E-state index contributed by atoms with van der Waals surface area (Å²) in [5, 5.41) is 8.42. The minimum Gasteiger partial charge on any atom is -0.462 e. The van der Waals surface area contributed by atoms with E-state index >= 15 is 0 Å². The second-order valence-electron chi connectivity index (χ2n) is 7.88. The normalized spacial score (nSPS) is 14.6. The van der Waals surface area contributed by atoms with Crippen LogP contribution in [-0.4, -0.2) is 74.8 Å². The van der Waals surface area contributed by atoms with E-state index in [-0.39, 0.29) is 5.91 Å². The molecule has 0 radical (unpaired) electrons. The van der Waals surface area contributed by atoms with E-state index in [1.165, 1.54) is 0 Å². The summed E-state index contributed by atoms with van der Waals surface area (Å²) in [6.07, 6.45) is 0.361. The number of benzene rings is 2. The van der Waals surface area contributed by atoms with Crippen LogP contribution in [0.25, 0.3) is 0 Å². The number of nitrogens with one attached hydrogen (secondary N) is 3. The Labute approximate surface area is 199 Å². The summed E-state index contributed by atoms with van der Waals surface area (Å²) < 4.78 is 10.3. The maximum absolute atomic E-state index is 12.9. The first-order chi connectivity index (χ1) is 16.5. The van der Waals surface area contributed by atoms with Crippen LogP contribution in [0.3, 0.4) is 0 Å². The van der Waals surface area contributed by atoms with Crippen molar-refractivity contribution in [2.75, 3.05) is 51.3 Å². The molecule has 9 heteroatoms. The molecule has 2 aromatic rings. The van der Waals surface area contributed by atoms with Gasteiger partial charge in [-0.2, -0.15) is 0 Å². The molecule has 3 rings (SSSR count). The largest absolute Gasteiger partial charge is 0.462 e. The van der Waals surface area contributed by atoms with Gasteiger partial charge in [-0.05, 0) is 36.8 Å². The fourth-order valence-electron chi connectivity index (χ4n) is 3.57. The molecule has 1 unspecified atom stereocenters. The van der Waals surface area contributed by atoms with E-state index in [0.29, 0.717) is 44.0 Å². The van der Waals surface area contributed by atoms with Crippen molar-refractivity contribution >= 4 is 23.6 Å². The van der Waals surface area contributed by atoms with E-state index < -0.39 is 18.0 Å². The fraction of sp³-hybridized carbons (Fsp3) is 0.400. The Morgan fingerprint density at radius 1 is 1.03 bits per heavy atom. The highest BCUT2D eigenvalue weighted by Crippen LogP contribution is 2.11. The number of amides is 3. The highest BCUT2D eigenvalue weighted by molar-refractivity contribution is 5.95. The smallest absolute Gasteiger partial charge is 0.338 e. The highest BCUT2D eigenvalue weighted by atomic mass is 16.5. The summed E-state index contributed by atoms with van der Waals surface area (Å²) in [6.45, 7) is 6.34. The number of morpholine rings is 1. The lowest BCUT2D eigenvalue weighted by Gasteiger charge is -2.27. The van der Waals surface area contributed by atoms with Gasteiger partial charge in [0.25, 0.3) is 0 Å². The number of nitrogens with zero attached hydrogens (tertiary/aromatic N) is 1. The van der Waals surface area contributed by atoms with Gasteiger partial charge in [-0.1, -0.05) is 30.3 Å². The Bertz CT molecular complexity index is 930. The third-order valence-corrected chi connectivity index (χ3v) is 5.39. The monoisotopic (exact) mass is 468 g/mol. The molecule has 0 bridgehead atoms. The molecule has 1 fully saturated rings. The van der Waals surface area contributed by atoms with Crippen LogP contribution < -0.4 is 16.0 Å². The average Bonchev–Trinajstić information content (AvgIpc) is 2.85. The summed E-state index contributed by atoms with van der Waals surface area (Å²) in [5.41, 5.74) is 1.83. The SMILES string of the molecule is CCOC(=O)c1ccc(NC(=O)NC(Cc2ccccc2)C(=O)NCCN2CCOCC2)cc1. The number of urea groups is 1. The molecule has 9 nitrogen and oxygen atoms in total. The van der Waals surface area contributed by atoms with E-state index in [2.05, 4.69) is 20.9 Å². The van der Waals surface area contributed by atoms with Crippen LogP contribution in [0.1, 0.15) is 22.8 Å². The molecule has 0 aromatic heterocycles. The molecule has 0 aliphatic carbocycles. The van der Waals surface area contributed by atoms with Gasteiger partial charge in [0.15, 0.2) is 0 Å². The Kier molecular flexibility index (Phi) is 9.87. The van der Waals surface area contributed by atoms with Crippen molar-refractivity contribution in [3.05, 3.63) is 65.7 Å². The van der Waals surface area contributed by atoms with Gasteiger partial charge in [0, 0.05) is 38.3 Å². The van der Waals surface area contributed by atoms with Crippen LogP contribution in [0.15, 0.2) is 54.6 Å². The highest BCUT2D eigenvalue weighted by Gasteiger charge is 2.22. The summed E-state index contributed by atoms with van der Waals surface area (Å²) >= 11 is 0. The maximum atomic E-state index is 12.9. The lowest BCUT2D eigenvalue weighted by molar-refractivity contribution is -0.123. The van der Waals surface area contributed by atoms with Gasteiger partial charge in [0.2, 0.25) is 5.91 Å². The van der Waals surface area contributed by atoms with Crippen LogP contribution in [0.2, 0.25) is 0 Å². The third-order valence-electron chi connectivity index (χ3n) is 5.39. The van der Waals surface area contributed by atoms with Gasteiger partial charge < -0.3 is 25.4 Å². The number of ether oxygens (including phenoxy) is 2. The zero-order valence-electron chi connectivity index (χ0n) is 19.4. The zero-order chi connectivity index (χ0) is 24.2. The second kappa shape index (κ2) is 13.3. The number of hydrogen-bond donors (Lipinski definition) is 3. The van der Waals surface area contributed by atoms with Gasteiger partial charge in [-0.3, -0.25) is 9.69 Å². The predicted molar refractivity (Wildman–Crippen MR) is 129 cm³/mol. The maximum Gasteiger partial charge on any atom is 0.338 e. The van der Waals surface area contributed by atoms with Crippen molar-refractivity contribution in [2.24, 2.45) is 0 Å². The van der Waals surface area contributed by atoms with E-state index in [1.54, 1.807) is 31.2 Å². The first-order valence-electron chi connectivity index (χ1n) is 11.5. The quantitative estimate of drug-likeness (QED) is 0.461. The third kappa shape index (κ3) is 8.17. The topological polar surface area (TPSA) is 109 Å². The van der Waals surface area contributed by atoms with Crippen LogP contribution in [0, 0.1) is 0 Å². The molecule has 1 aliphatic rings. The van der Waals surface area contributed by atoms with E-state index in [4.69, 9.17) is 9.47 Å². The van der Waals surface area contributed by atoms with Crippen LogP contribution in [0.5, 0.6) is 0 Å². The van der Waals surface area contributed by atoms with Gasteiger partial charge in [0.1, 0.15) is 6.04 Å². The van der Waals surface area contributed by atoms with Gasteiger partial charge in [-0.15, -0.1) is 0 Å². The summed E-state index contributed by atoms with van der Waals surface area (Å²) in [7, 11) is 0. The number of carbonyl (C=O) groups is 3. The molecule has 1 heterocycles. The summed E-state index contributed by atoms with van der Waals surface area (Å²) in [5.74, 6) is -0.667. The van der Waals surface area contributed by atoms with Crippen LogP contribution >= 0.6 is 0 Å². The average molecular weight is 469 g/mol. The van der Waals surface area contributed by atoms with Crippen molar-refractivity contribution in [2.45, 2.75) is 19.4 Å². The number of anilines is 1. The molecule has 3 N–H and O–H groups in total. The van der Waals surface area contributed by atoms with Crippen LogP contribution in [-0.2, 0) is 20.7 Å². The van der Waals surface area contributed by atoms with Gasteiger partial charge in [-0.25, -0.2) is 9.59 Å². The van der Waals surface area contributed by atoms with Crippen LogP contribution in [0.4, 0.5) is 10.5 Å². The summed E-state index contributed by atoms with van der Waals surface area (Å²) in [4.78, 5) is 39.6. The molecular weight excluding hydrogens is 436 g/mol. The van der Waals surface area contributed by atoms with Crippen molar-refractivity contribution < 1.29 is 23.9 Å². The predicted octanol–water partition coefficient (Wildman–Crippen LogP) is 2.04. The van der Waals surface area contributed by atoms with Crippen molar-refractivity contribution in [1.29, 1.82) is 0 Å². The van der Waals surface area contributed by atoms with E-state index in [1.807, 2.05) is 30.3 Å². The number of esters is 1.